The summed E-state index contributed by atoms with van der Waals surface area (Å²) in [6.45, 7) is 0. The summed E-state index contributed by atoms with van der Waals surface area (Å²) < 4.78 is 80.5. The predicted octanol–water partition coefficient (Wildman–Crippen LogP) is 6.85. The molecule has 3 aromatic rings. The summed E-state index contributed by atoms with van der Waals surface area (Å²) in [5.74, 6) is -14.9. The second-order valence-electron chi connectivity index (χ2n) is 7.23. The molecule has 202 valence electrons. The first-order valence-corrected chi connectivity index (χ1v) is 10.5. The van der Waals surface area contributed by atoms with Crippen molar-refractivity contribution in [3.8, 4) is 11.5 Å². The number of rotatable bonds is 7. The van der Waals surface area contributed by atoms with Gasteiger partial charge in [0.25, 0.3) is 0 Å². The van der Waals surface area contributed by atoms with E-state index in [-0.39, 0.29) is 38.8 Å². The molecule has 0 bridgehead atoms. The van der Waals surface area contributed by atoms with Crippen molar-refractivity contribution < 1.29 is 51.2 Å². The van der Waals surface area contributed by atoms with Crippen molar-refractivity contribution >= 4 is 46.8 Å². The third-order valence-electron chi connectivity index (χ3n) is 5.11. The summed E-state index contributed by atoms with van der Waals surface area (Å²) in [4.78, 5) is 23.6. The van der Waals surface area contributed by atoms with Gasteiger partial charge >= 0.3 is 11.9 Å². The molecule has 0 fully saturated rings. The van der Waals surface area contributed by atoms with Crippen LogP contribution in [-0.4, -0.2) is 36.4 Å². The first kappa shape index (κ1) is 30.4. The van der Waals surface area contributed by atoms with Crippen molar-refractivity contribution in [2.24, 2.45) is 0 Å². The smallest absolute Gasteiger partial charge is 0.339 e. The number of methoxy groups -OCH3 is 2. The molecule has 0 amide bonds. The van der Waals surface area contributed by atoms with Crippen LogP contribution in [0.3, 0.4) is 0 Å². The largest absolute Gasteiger partial charge is 0.494 e. The fraction of sp³-hybridized carbons (Fsp3) is 0.0833. The Morgan fingerprint density at radius 3 is 1.37 bits per heavy atom. The van der Waals surface area contributed by atoms with Gasteiger partial charge in [-0.1, -0.05) is 23.2 Å². The third-order valence-corrected chi connectivity index (χ3v) is 5.67. The number of carboxylic acids is 2. The van der Waals surface area contributed by atoms with E-state index in [9.17, 15) is 41.8 Å². The van der Waals surface area contributed by atoms with Gasteiger partial charge in [-0.15, -0.1) is 0 Å². The molecule has 3 rings (SSSR count). The molecule has 14 heteroatoms. The number of benzene rings is 3. The SMILES string of the molecule is COc1c(Cl)cc(C(=Cc2c(F)c(F)c(F)c(F)c2F)c2cc(Cl)c(OC)c(C(=O)O)c2)cc1C(=O)O.N. The topological polar surface area (TPSA) is 128 Å². The van der Waals surface area contributed by atoms with Gasteiger partial charge in [-0.25, -0.2) is 31.5 Å². The van der Waals surface area contributed by atoms with Crippen LogP contribution in [-0.2, 0) is 0 Å². The number of halogens is 7. The summed E-state index contributed by atoms with van der Waals surface area (Å²) in [5, 5.41) is 18.6. The minimum atomic E-state index is -2.39. The van der Waals surface area contributed by atoms with E-state index in [1.165, 1.54) is 0 Å². The van der Waals surface area contributed by atoms with E-state index in [0.29, 0.717) is 6.08 Å². The van der Waals surface area contributed by atoms with Crippen LogP contribution in [0.1, 0.15) is 37.4 Å². The van der Waals surface area contributed by atoms with Gasteiger partial charge < -0.3 is 25.8 Å². The van der Waals surface area contributed by atoms with E-state index < -0.39 is 63.3 Å². The van der Waals surface area contributed by atoms with E-state index >= 15 is 0 Å². The summed E-state index contributed by atoms with van der Waals surface area (Å²) in [6, 6.07) is 4.07. The van der Waals surface area contributed by atoms with Gasteiger partial charge in [-0.05, 0) is 47.0 Å². The highest BCUT2D eigenvalue weighted by Gasteiger charge is 2.27. The van der Waals surface area contributed by atoms with Gasteiger partial charge in [-0.2, -0.15) is 0 Å². The van der Waals surface area contributed by atoms with Gasteiger partial charge in [0.05, 0.1) is 29.8 Å². The van der Waals surface area contributed by atoms with Gasteiger partial charge in [0, 0.05) is 0 Å². The van der Waals surface area contributed by atoms with E-state index in [4.69, 9.17) is 32.7 Å². The highest BCUT2D eigenvalue weighted by Crippen LogP contribution is 2.40. The molecule has 0 saturated carbocycles. The Bertz CT molecular complexity index is 1390. The number of aromatic carboxylic acids is 2. The Labute approximate surface area is 221 Å². The molecule has 0 spiro atoms. The molecule has 0 unspecified atom stereocenters. The monoisotopic (exact) mass is 579 g/mol. The number of hydrogen-bond donors (Lipinski definition) is 3. The maximum Gasteiger partial charge on any atom is 0.339 e. The standard InChI is InChI=1S/C24H13Cl2F5O6.H3N/c1-36-21-12(23(32)33)3-8(5-14(21)25)10(7-11-16(27)18(29)20(31)19(30)17(11)28)9-4-13(24(34)35)22(37-2)15(26)6-9;/h3-7H,1-2H3,(H,32,33)(H,34,35);1H3. The van der Waals surface area contributed by atoms with Crippen molar-refractivity contribution in [2.75, 3.05) is 14.2 Å². The second-order valence-corrected chi connectivity index (χ2v) is 8.04. The molecule has 0 saturated heterocycles. The molecule has 7 nitrogen and oxygen atoms in total. The Kier molecular flexibility index (Phi) is 9.32. The average molecular weight is 580 g/mol. The zero-order valence-electron chi connectivity index (χ0n) is 19.3. The molecule has 0 aliphatic rings. The highest BCUT2D eigenvalue weighted by atomic mass is 35.5. The van der Waals surface area contributed by atoms with Crippen LogP contribution in [0.2, 0.25) is 10.0 Å². The Morgan fingerprint density at radius 2 is 1.05 bits per heavy atom. The maximum atomic E-state index is 14.6. The number of carbonyl (C=O) groups is 2. The van der Waals surface area contributed by atoms with Crippen molar-refractivity contribution in [1.29, 1.82) is 0 Å². The van der Waals surface area contributed by atoms with Crippen LogP contribution < -0.4 is 15.6 Å². The zero-order chi connectivity index (χ0) is 27.8. The highest BCUT2D eigenvalue weighted by molar-refractivity contribution is 6.33. The Morgan fingerprint density at radius 1 is 0.711 bits per heavy atom. The lowest BCUT2D eigenvalue weighted by Gasteiger charge is -2.16. The van der Waals surface area contributed by atoms with Crippen LogP contribution in [0.4, 0.5) is 22.0 Å². The van der Waals surface area contributed by atoms with Crippen LogP contribution >= 0.6 is 23.2 Å². The van der Waals surface area contributed by atoms with E-state index in [2.05, 4.69) is 0 Å². The van der Waals surface area contributed by atoms with E-state index in [1.807, 2.05) is 0 Å². The van der Waals surface area contributed by atoms with Crippen LogP contribution in [0.5, 0.6) is 11.5 Å². The number of hydrogen-bond acceptors (Lipinski definition) is 5. The predicted molar refractivity (Wildman–Crippen MR) is 128 cm³/mol. The molecule has 0 atom stereocenters. The van der Waals surface area contributed by atoms with Crippen molar-refractivity contribution in [3.05, 3.63) is 91.2 Å². The molecular formula is C24H16Cl2F5NO6. The first-order chi connectivity index (χ1) is 17.3. The second kappa shape index (κ2) is 11.7. The molecule has 5 N–H and O–H groups in total. The van der Waals surface area contributed by atoms with Crippen molar-refractivity contribution in [3.63, 3.8) is 0 Å². The molecule has 0 aromatic heterocycles. The lowest BCUT2D eigenvalue weighted by Crippen LogP contribution is -2.06. The van der Waals surface area contributed by atoms with E-state index in [0.717, 1.165) is 38.5 Å². The van der Waals surface area contributed by atoms with E-state index in [1.54, 1.807) is 0 Å². The molecule has 0 aliphatic heterocycles. The van der Waals surface area contributed by atoms with Crippen molar-refractivity contribution in [2.45, 2.75) is 0 Å². The van der Waals surface area contributed by atoms with Gasteiger partial charge in [0.15, 0.2) is 34.8 Å². The van der Waals surface area contributed by atoms with Gasteiger partial charge in [0.2, 0.25) is 5.82 Å². The summed E-state index contributed by atoms with van der Waals surface area (Å²) >= 11 is 12.3. The Hall–Kier alpha value is -3.87. The molecule has 3 aromatic carbocycles. The van der Waals surface area contributed by atoms with Gasteiger partial charge in [0.1, 0.15) is 11.1 Å². The number of ether oxygens (including phenoxy) is 2. The molecular weight excluding hydrogens is 564 g/mol. The fourth-order valence-corrected chi connectivity index (χ4v) is 4.05. The molecule has 0 heterocycles. The quantitative estimate of drug-likeness (QED) is 0.121. The van der Waals surface area contributed by atoms with Crippen LogP contribution in [0.15, 0.2) is 24.3 Å². The normalized spacial score (nSPS) is 10.4. The zero-order valence-corrected chi connectivity index (χ0v) is 20.8. The van der Waals surface area contributed by atoms with Crippen LogP contribution in [0, 0.1) is 29.1 Å². The molecule has 38 heavy (non-hydrogen) atoms. The average Bonchev–Trinajstić information content (AvgIpc) is 2.85. The summed E-state index contributed by atoms with van der Waals surface area (Å²) in [5.41, 5.74) is -3.27. The third kappa shape index (κ3) is 5.37. The fourth-order valence-electron chi connectivity index (χ4n) is 3.46. The van der Waals surface area contributed by atoms with Crippen molar-refractivity contribution in [1.82, 2.24) is 6.15 Å². The number of carboxylic acid groups (broad SMARTS) is 2. The lowest BCUT2D eigenvalue weighted by atomic mass is 9.92. The summed E-state index contributed by atoms with van der Waals surface area (Å²) in [6.07, 6.45) is 0.518. The minimum absolute atomic E-state index is 0. The Balaban J connectivity index is 0.00000507. The van der Waals surface area contributed by atoms with Crippen LogP contribution in [0.25, 0.3) is 11.6 Å². The van der Waals surface area contributed by atoms with Gasteiger partial charge in [-0.3, -0.25) is 0 Å². The summed E-state index contributed by atoms with van der Waals surface area (Å²) in [7, 11) is 2.25. The minimum Gasteiger partial charge on any atom is -0.494 e. The lowest BCUT2D eigenvalue weighted by molar-refractivity contribution is 0.0682. The molecule has 0 radical (unpaired) electrons. The maximum absolute atomic E-state index is 14.6. The molecule has 0 aliphatic carbocycles. The first-order valence-electron chi connectivity index (χ1n) is 9.79.